The number of hydroxylamine groups is 2. The molecule has 0 unspecified atom stereocenters. The van der Waals surface area contributed by atoms with Gasteiger partial charge in [0, 0.05) is 6.42 Å². The highest BCUT2D eigenvalue weighted by molar-refractivity contribution is 5.67. The molecule has 0 aliphatic carbocycles. The van der Waals surface area contributed by atoms with E-state index in [0.29, 0.717) is 19.6 Å². The average molecular weight is 229 g/mol. The monoisotopic (exact) mass is 229 g/mol. The smallest absolute Gasteiger partial charge is 0.434 e. The summed E-state index contributed by atoms with van der Waals surface area (Å²) in [7, 11) is 0. The van der Waals surface area contributed by atoms with Crippen molar-refractivity contribution >= 4 is 6.09 Å². The van der Waals surface area contributed by atoms with Gasteiger partial charge in [0.05, 0.1) is 12.6 Å². The maximum atomic E-state index is 11.5. The van der Waals surface area contributed by atoms with Gasteiger partial charge < -0.3 is 14.2 Å². The zero-order chi connectivity index (χ0) is 11.3. The Balaban J connectivity index is 1.82. The zero-order valence-electron chi connectivity index (χ0n) is 9.34. The maximum Gasteiger partial charge on any atom is 0.434 e. The van der Waals surface area contributed by atoms with Gasteiger partial charge in [0.15, 0.2) is 5.79 Å². The van der Waals surface area contributed by atoms with Crippen LogP contribution in [-0.4, -0.2) is 48.4 Å². The highest BCUT2D eigenvalue weighted by Crippen LogP contribution is 2.37. The molecule has 16 heavy (non-hydrogen) atoms. The molecule has 0 radical (unpaired) electrons. The van der Waals surface area contributed by atoms with Gasteiger partial charge in [0.2, 0.25) is 0 Å². The van der Waals surface area contributed by atoms with Crippen LogP contribution in [0.25, 0.3) is 0 Å². The van der Waals surface area contributed by atoms with Crippen LogP contribution in [0.4, 0.5) is 4.79 Å². The van der Waals surface area contributed by atoms with Crippen molar-refractivity contribution in [1.29, 1.82) is 0 Å². The summed E-state index contributed by atoms with van der Waals surface area (Å²) in [6.45, 7) is 4.49. The molecule has 3 saturated heterocycles. The van der Waals surface area contributed by atoms with E-state index in [9.17, 15) is 4.79 Å². The van der Waals surface area contributed by atoms with Crippen molar-refractivity contribution in [2.24, 2.45) is 0 Å². The van der Waals surface area contributed by atoms with E-state index in [1.54, 1.807) is 0 Å². The molecule has 0 N–H and O–H groups in total. The van der Waals surface area contributed by atoms with Crippen LogP contribution in [0.15, 0.2) is 0 Å². The summed E-state index contributed by atoms with van der Waals surface area (Å²) < 4.78 is 16.4. The third-order valence-electron chi connectivity index (χ3n) is 3.10. The van der Waals surface area contributed by atoms with Crippen LogP contribution < -0.4 is 0 Å². The van der Waals surface area contributed by atoms with E-state index in [0.717, 1.165) is 0 Å². The predicted octanol–water partition coefficient (Wildman–Crippen LogP) is 0.663. The Kier molecular flexibility index (Phi) is 2.14. The van der Waals surface area contributed by atoms with Gasteiger partial charge in [-0.2, -0.15) is 5.06 Å². The lowest BCUT2D eigenvalue weighted by atomic mass is 10.0. The molecule has 90 valence electrons. The van der Waals surface area contributed by atoms with Gasteiger partial charge in [-0.3, -0.25) is 4.84 Å². The molecule has 0 spiro atoms. The number of carbonyl (C=O) groups excluding carboxylic acids is 1. The summed E-state index contributed by atoms with van der Waals surface area (Å²) in [5.41, 5.74) is 0. The lowest BCUT2D eigenvalue weighted by Gasteiger charge is -2.41. The number of ether oxygens (including phenoxy) is 3. The molecule has 3 aliphatic heterocycles. The van der Waals surface area contributed by atoms with Gasteiger partial charge in [0.1, 0.15) is 18.8 Å². The van der Waals surface area contributed by atoms with Crippen LogP contribution >= 0.6 is 0 Å². The Labute approximate surface area is 93.3 Å². The van der Waals surface area contributed by atoms with Crippen molar-refractivity contribution in [1.82, 2.24) is 5.06 Å². The summed E-state index contributed by atoms with van der Waals surface area (Å²) in [5, 5.41) is 1.29. The number of hydrogen-bond acceptors (Lipinski definition) is 5. The molecule has 3 fully saturated rings. The van der Waals surface area contributed by atoms with Crippen LogP contribution in [0.3, 0.4) is 0 Å². The highest BCUT2D eigenvalue weighted by Gasteiger charge is 2.53. The van der Waals surface area contributed by atoms with Crippen molar-refractivity contribution in [2.75, 3.05) is 13.2 Å². The Morgan fingerprint density at radius 1 is 1.38 bits per heavy atom. The Morgan fingerprint density at radius 2 is 2.19 bits per heavy atom. The maximum absolute atomic E-state index is 11.5. The topological polar surface area (TPSA) is 57.2 Å². The summed E-state index contributed by atoms with van der Waals surface area (Å²) >= 11 is 0. The van der Waals surface area contributed by atoms with Crippen LogP contribution in [-0.2, 0) is 19.0 Å². The zero-order valence-corrected chi connectivity index (χ0v) is 9.34. The van der Waals surface area contributed by atoms with E-state index in [1.807, 2.05) is 13.8 Å². The SMILES string of the molecule is CC1(C)O[C@@H]2[C@@H](CON3C(=O)OCC[C@@H]23)O1. The fraction of sp³-hybridized carbons (Fsp3) is 0.900. The quantitative estimate of drug-likeness (QED) is 0.610. The molecule has 6 nitrogen and oxygen atoms in total. The number of rotatable bonds is 0. The Hall–Kier alpha value is -0.850. The minimum Gasteiger partial charge on any atom is -0.448 e. The molecule has 3 heterocycles. The summed E-state index contributed by atoms with van der Waals surface area (Å²) in [5.74, 6) is -0.601. The lowest BCUT2D eigenvalue weighted by Crippen LogP contribution is -2.59. The number of cyclic esters (lactones) is 1. The number of fused-ring (bicyclic) bond motifs is 3. The van der Waals surface area contributed by atoms with Crippen LogP contribution in [0.5, 0.6) is 0 Å². The van der Waals surface area contributed by atoms with E-state index in [4.69, 9.17) is 19.0 Å². The summed E-state index contributed by atoms with van der Waals surface area (Å²) in [4.78, 5) is 16.8. The van der Waals surface area contributed by atoms with E-state index < -0.39 is 11.9 Å². The van der Waals surface area contributed by atoms with E-state index in [1.165, 1.54) is 5.06 Å². The molecule has 0 saturated carbocycles. The molecular formula is C10H15NO5. The second kappa shape index (κ2) is 3.32. The fourth-order valence-electron chi connectivity index (χ4n) is 2.50. The Morgan fingerprint density at radius 3 is 3.00 bits per heavy atom. The highest BCUT2D eigenvalue weighted by atomic mass is 16.8. The van der Waals surface area contributed by atoms with Gasteiger partial charge in [-0.25, -0.2) is 4.79 Å². The van der Waals surface area contributed by atoms with Gasteiger partial charge in [-0.05, 0) is 13.8 Å². The first-order chi connectivity index (χ1) is 7.57. The van der Waals surface area contributed by atoms with Gasteiger partial charge in [-0.15, -0.1) is 0 Å². The van der Waals surface area contributed by atoms with E-state index in [-0.39, 0.29) is 18.2 Å². The van der Waals surface area contributed by atoms with Crippen molar-refractivity contribution in [3.05, 3.63) is 0 Å². The molecule has 0 bridgehead atoms. The first-order valence-corrected chi connectivity index (χ1v) is 5.51. The standard InChI is InChI=1S/C10H15NO5/c1-10(2)15-7-5-14-11-6(8(7)16-10)3-4-13-9(11)12/h6-8H,3-5H2,1-2H3/t6-,7+,8-/m0/s1. The number of carbonyl (C=O) groups is 1. The molecular weight excluding hydrogens is 214 g/mol. The van der Waals surface area contributed by atoms with Crippen LogP contribution in [0, 0.1) is 0 Å². The fourth-order valence-corrected chi connectivity index (χ4v) is 2.50. The van der Waals surface area contributed by atoms with E-state index in [2.05, 4.69) is 0 Å². The minimum atomic E-state index is -0.601. The normalized spacial score (nSPS) is 41.2. The third kappa shape index (κ3) is 1.49. The summed E-state index contributed by atoms with van der Waals surface area (Å²) in [6, 6.07) is -0.0956. The van der Waals surface area contributed by atoms with Gasteiger partial charge >= 0.3 is 6.09 Å². The first-order valence-electron chi connectivity index (χ1n) is 5.51. The van der Waals surface area contributed by atoms with Crippen LogP contribution in [0.1, 0.15) is 20.3 Å². The van der Waals surface area contributed by atoms with E-state index >= 15 is 0 Å². The largest absolute Gasteiger partial charge is 0.448 e. The molecule has 3 rings (SSSR count). The van der Waals surface area contributed by atoms with Crippen molar-refractivity contribution < 1.29 is 23.8 Å². The van der Waals surface area contributed by atoms with Crippen LogP contribution in [0.2, 0.25) is 0 Å². The second-order valence-electron chi connectivity index (χ2n) is 4.73. The second-order valence-corrected chi connectivity index (χ2v) is 4.73. The van der Waals surface area contributed by atoms with Crippen molar-refractivity contribution in [2.45, 2.75) is 44.3 Å². The Bertz CT molecular complexity index is 318. The molecule has 3 aliphatic rings. The van der Waals surface area contributed by atoms with Crippen molar-refractivity contribution in [3.8, 4) is 0 Å². The molecule has 3 atom stereocenters. The molecule has 1 amide bonds. The lowest BCUT2D eigenvalue weighted by molar-refractivity contribution is -0.241. The molecule has 0 aromatic rings. The first kappa shape index (κ1) is 10.3. The van der Waals surface area contributed by atoms with Gasteiger partial charge in [0.25, 0.3) is 0 Å². The molecule has 0 aromatic heterocycles. The average Bonchev–Trinajstić information content (AvgIpc) is 2.53. The number of nitrogens with zero attached hydrogens (tertiary/aromatic N) is 1. The molecule has 0 aromatic carbocycles. The predicted molar refractivity (Wildman–Crippen MR) is 51.4 cm³/mol. The number of hydrogen-bond donors (Lipinski definition) is 0. The third-order valence-corrected chi connectivity index (χ3v) is 3.10. The van der Waals surface area contributed by atoms with Gasteiger partial charge in [-0.1, -0.05) is 0 Å². The number of amides is 1. The van der Waals surface area contributed by atoms with Crippen molar-refractivity contribution in [3.63, 3.8) is 0 Å². The molecule has 6 heteroatoms. The summed E-state index contributed by atoms with van der Waals surface area (Å²) in [6.07, 6.45) is 0.0774. The minimum absolute atomic E-state index is 0.0952.